The molecule has 2 heterocycles. The number of fused-ring (bicyclic) bond motifs is 3. The molecule has 0 bridgehead atoms. The van der Waals surface area contributed by atoms with Crippen LogP contribution in [0.25, 0.3) is 0 Å². The minimum atomic E-state index is -0.471. The third-order valence-electron chi connectivity index (χ3n) is 3.86. The number of piperazine rings is 1. The van der Waals surface area contributed by atoms with Crippen molar-refractivity contribution < 1.29 is 14.3 Å². The quantitative estimate of drug-likeness (QED) is 0.743. The van der Waals surface area contributed by atoms with E-state index in [1.807, 2.05) is 39.0 Å². The van der Waals surface area contributed by atoms with E-state index in [1.54, 1.807) is 4.90 Å². The van der Waals surface area contributed by atoms with Gasteiger partial charge in [0.2, 0.25) is 0 Å². The van der Waals surface area contributed by atoms with Gasteiger partial charge in [-0.2, -0.15) is 0 Å². The molecule has 0 saturated carbocycles. The summed E-state index contributed by atoms with van der Waals surface area (Å²) in [4.78, 5) is 16.3. The van der Waals surface area contributed by atoms with Crippen LogP contribution in [0.15, 0.2) is 18.2 Å². The van der Waals surface area contributed by atoms with Gasteiger partial charge in [-0.1, -0.05) is 0 Å². The number of ether oxygens (including phenoxy) is 2. The number of nitrogens with zero attached hydrogens (tertiary/aromatic N) is 2. The Labute approximate surface area is 130 Å². The van der Waals surface area contributed by atoms with Crippen LogP contribution in [0, 0.1) is 0 Å². The summed E-state index contributed by atoms with van der Waals surface area (Å²) in [6, 6.07) is 5.87. The van der Waals surface area contributed by atoms with Crippen LogP contribution in [0.4, 0.5) is 16.2 Å². The molecule has 0 aromatic heterocycles. The zero-order chi connectivity index (χ0) is 15.9. The van der Waals surface area contributed by atoms with Gasteiger partial charge in [-0.15, -0.1) is 0 Å². The Morgan fingerprint density at radius 1 is 1.36 bits per heavy atom. The average molecular weight is 305 g/mol. The maximum atomic E-state index is 12.2. The molecule has 0 aliphatic carbocycles. The largest absolute Gasteiger partial charge is 0.489 e. The first-order valence-electron chi connectivity index (χ1n) is 7.60. The summed E-state index contributed by atoms with van der Waals surface area (Å²) in [5, 5.41) is 0. The molecule has 3 rings (SSSR count). The fraction of sp³-hybridized carbons (Fsp3) is 0.562. The van der Waals surface area contributed by atoms with Crippen molar-refractivity contribution in [3.8, 4) is 5.75 Å². The van der Waals surface area contributed by atoms with E-state index in [0.29, 0.717) is 25.4 Å². The standard InChI is InChI=1S/C16H23N3O3/c1-16(2,3)22-15(20)18-6-7-19-12(9-18)10-21-14-8-11(17)4-5-13(14)19/h4-5,8,12H,6-7,9-10,17H2,1-3H3. The first-order chi connectivity index (χ1) is 10.3. The van der Waals surface area contributed by atoms with Crippen LogP contribution in [0.5, 0.6) is 5.75 Å². The molecule has 1 atom stereocenters. The Hall–Kier alpha value is -2.11. The Morgan fingerprint density at radius 3 is 2.86 bits per heavy atom. The number of carbonyl (C=O) groups is 1. The Morgan fingerprint density at radius 2 is 2.14 bits per heavy atom. The van der Waals surface area contributed by atoms with Gasteiger partial charge in [-0.05, 0) is 32.9 Å². The fourth-order valence-corrected chi connectivity index (χ4v) is 2.88. The van der Waals surface area contributed by atoms with E-state index in [1.165, 1.54) is 0 Å². The zero-order valence-corrected chi connectivity index (χ0v) is 13.3. The average Bonchev–Trinajstić information content (AvgIpc) is 2.44. The van der Waals surface area contributed by atoms with Crippen molar-refractivity contribution in [2.75, 3.05) is 36.9 Å². The van der Waals surface area contributed by atoms with Crippen molar-refractivity contribution in [3.63, 3.8) is 0 Å². The summed E-state index contributed by atoms with van der Waals surface area (Å²) < 4.78 is 11.3. The minimum Gasteiger partial charge on any atom is -0.489 e. The maximum absolute atomic E-state index is 12.2. The zero-order valence-electron chi connectivity index (χ0n) is 13.3. The third-order valence-corrected chi connectivity index (χ3v) is 3.86. The molecule has 2 N–H and O–H groups in total. The van der Waals surface area contributed by atoms with Crippen LogP contribution in [0.1, 0.15) is 20.8 Å². The van der Waals surface area contributed by atoms with Crippen LogP contribution in [-0.4, -0.2) is 48.9 Å². The van der Waals surface area contributed by atoms with Gasteiger partial charge in [0.1, 0.15) is 18.0 Å². The topological polar surface area (TPSA) is 68.0 Å². The number of amides is 1. The highest BCUT2D eigenvalue weighted by Gasteiger charge is 2.35. The van der Waals surface area contributed by atoms with E-state index < -0.39 is 5.60 Å². The molecule has 1 aromatic rings. The summed E-state index contributed by atoms with van der Waals surface area (Å²) in [6.45, 7) is 8.22. The second kappa shape index (κ2) is 5.26. The number of hydrogen-bond acceptors (Lipinski definition) is 5. The number of benzene rings is 1. The molecule has 22 heavy (non-hydrogen) atoms. The normalized spacial score (nSPS) is 20.8. The molecule has 2 aliphatic heterocycles. The minimum absolute atomic E-state index is 0.150. The molecular formula is C16H23N3O3. The van der Waals surface area contributed by atoms with E-state index in [9.17, 15) is 4.79 Å². The molecule has 6 nitrogen and oxygen atoms in total. The number of anilines is 2. The predicted molar refractivity (Wildman–Crippen MR) is 85.3 cm³/mol. The molecule has 1 fully saturated rings. The number of carbonyl (C=O) groups excluding carboxylic acids is 1. The van der Waals surface area contributed by atoms with Crippen molar-refractivity contribution in [2.45, 2.75) is 32.4 Å². The van der Waals surface area contributed by atoms with E-state index in [4.69, 9.17) is 15.2 Å². The summed E-state index contributed by atoms with van der Waals surface area (Å²) in [7, 11) is 0. The summed E-state index contributed by atoms with van der Waals surface area (Å²) in [5.41, 5.74) is 7.08. The van der Waals surface area contributed by atoms with Crippen LogP contribution < -0.4 is 15.4 Å². The molecule has 6 heteroatoms. The third kappa shape index (κ3) is 2.91. The van der Waals surface area contributed by atoms with Gasteiger partial charge in [-0.25, -0.2) is 4.79 Å². The van der Waals surface area contributed by atoms with E-state index in [2.05, 4.69) is 4.90 Å². The van der Waals surface area contributed by atoms with Gasteiger partial charge in [0.15, 0.2) is 0 Å². The van der Waals surface area contributed by atoms with Crippen LogP contribution in [0.2, 0.25) is 0 Å². The van der Waals surface area contributed by atoms with E-state index in [-0.39, 0.29) is 12.1 Å². The smallest absolute Gasteiger partial charge is 0.410 e. The molecule has 0 spiro atoms. The first-order valence-corrected chi connectivity index (χ1v) is 7.60. The van der Waals surface area contributed by atoms with Gasteiger partial charge < -0.3 is 25.0 Å². The van der Waals surface area contributed by atoms with Gasteiger partial charge >= 0.3 is 6.09 Å². The monoisotopic (exact) mass is 305 g/mol. The Kier molecular flexibility index (Phi) is 3.54. The van der Waals surface area contributed by atoms with Crippen molar-refractivity contribution in [1.29, 1.82) is 0 Å². The molecule has 1 unspecified atom stereocenters. The van der Waals surface area contributed by atoms with Crippen LogP contribution in [-0.2, 0) is 4.74 Å². The van der Waals surface area contributed by atoms with Crippen LogP contribution in [0.3, 0.4) is 0 Å². The Balaban J connectivity index is 1.71. The van der Waals surface area contributed by atoms with Gasteiger partial charge in [0, 0.05) is 31.4 Å². The van der Waals surface area contributed by atoms with Crippen LogP contribution >= 0.6 is 0 Å². The number of nitrogen functional groups attached to an aromatic ring is 1. The molecule has 1 saturated heterocycles. The second-order valence-electron chi connectivity index (χ2n) is 6.81. The fourth-order valence-electron chi connectivity index (χ4n) is 2.88. The molecule has 2 aliphatic rings. The van der Waals surface area contributed by atoms with Gasteiger partial charge in [0.05, 0.1) is 11.7 Å². The highest BCUT2D eigenvalue weighted by molar-refractivity contribution is 5.70. The van der Waals surface area contributed by atoms with Crippen molar-refractivity contribution in [1.82, 2.24) is 4.90 Å². The summed E-state index contributed by atoms with van der Waals surface area (Å²) in [5.74, 6) is 0.821. The molecule has 0 radical (unpaired) electrons. The number of hydrogen-bond donors (Lipinski definition) is 1. The lowest BCUT2D eigenvalue weighted by atomic mass is 10.1. The van der Waals surface area contributed by atoms with Gasteiger partial charge in [-0.3, -0.25) is 0 Å². The SMILES string of the molecule is CC(C)(C)OC(=O)N1CCN2c3ccc(N)cc3OCC2C1. The molecule has 1 aromatic carbocycles. The summed E-state index contributed by atoms with van der Waals surface area (Å²) >= 11 is 0. The van der Waals surface area contributed by atoms with Crippen molar-refractivity contribution in [2.24, 2.45) is 0 Å². The van der Waals surface area contributed by atoms with Gasteiger partial charge in [0.25, 0.3) is 0 Å². The molecule has 1 amide bonds. The maximum Gasteiger partial charge on any atom is 0.410 e. The number of nitrogens with two attached hydrogens (primary N) is 1. The first kappa shape index (κ1) is 14.8. The predicted octanol–water partition coefficient (Wildman–Crippen LogP) is 2.09. The number of rotatable bonds is 0. The van der Waals surface area contributed by atoms with Crippen molar-refractivity contribution >= 4 is 17.5 Å². The van der Waals surface area contributed by atoms with Crippen molar-refractivity contribution in [3.05, 3.63) is 18.2 Å². The Bertz CT molecular complexity index is 582. The lowest BCUT2D eigenvalue weighted by Crippen LogP contribution is -2.59. The second-order valence-corrected chi connectivity index (χ2v) is 6.81. The highest BCUT2D eigenvalue weighted by Crippen LogP contribution is 2.36. The summed E-state index contributed by atoms with van der Waals surface area (Å²) in [6.07, 6.45) is -0.254. The van der Waals surface area contributed by atoms with E-state index >= 15 is 0 Å². The van der Waals surface area contributed by atoms with E-state index in [0.717, 1.165) is 18.0 Å². The lowest BCUT2D eigenvalue weighted by molar-refractivity contribution is 0.0195. The lowest BCUT2D eigenvalue weighted by Gasteiger charge is -2.45. The molecule has 120 valence electrons. The molecular weight excluding hydrogens is 282 g/mol. The highest BCUT2D eigenvalue weighted by atomic mass is 16.6.